The average molecular weight is 365 g/mol. The molecule has 0 radical (unpaired) electrons. The third kappa shape index (κ3) is 6.01. The van der Waals surface area contributed by atoms with Crippen molar-refractivity contribution in [3.8, 4) is 0 Å². The Morgan fingerprint density at radius 3 is 2.38 bits per heavy atom. The third-order valence-corrected chi connectivity index (χ3v) is 4.75. The predicted octanol–water partition coefficient (Wildman–Crippen LogP) is 2.46. The van der Waals surface area contributed by atoms with Gasteiger partial charge in [0.05, 0.1) is 17.9 Å². The molecule has 3 N–H and O–H groups in total. The molecule has 0 spiro atoms. The van der Waals surface area contributed by atoms with E-state index in [1.807, 2.05) is 0 Å². The minimum absolute atomic E-state index is 0.121. The summed E-state index contributed by atoms with van der Waals surface area (Å²) in [6.45, 7) is 1.42. The molecule has 0 saturated carbocycles. The number of aliphatic carboxylic acids is 1. The number of carboxylic acid groups (broad SMARTS) is 1. The first-order chi connectivity index (χ1) is 11.4. The predicted molar refractivity (Wildman–Crippen MR) is 93.6 cm³/mol. The summed E-state index contributed by atoms with van der Waals surface area (Å²) in [5.74, 6) is -1.11. The van der Waals surface area contributed by atoms with E-state index in [1.165, 1.54) is 30.0 Å². The lowest BCUT2D eigenvalue weighted by molar-refractivity contribution is -0.136. The van der Waals surface area contributed by atoms with Gasteiger partial charge in [-0.25, -0.2) is 4.98 Å². The van der Waals surface area contributed by atoms with Crippen molar-refractivity contribution in [2.75, 3.05) is 16.4 Å². The Morgan fingerprint density at radius 1 is 1.17 bits per heavy atom. The van der Waals surface area contributed by atoms with Crippen LogP contribution in [0.1, 0.15) is 12.6 Å². The molecule has 1 aromatic heterocycles. The molecule has 2 rings (SSSR count). The Morgan fingerprint density at radius 2 is 1.79 bits per heavy atom. The second-order valence-corrected chi connectivity index (χ2v) is 6.85. The highest BCUT2D eigenvalue weighted by Crippen LogP contribution is 2.23. The molecule has 126 valence electrons. The van der Waals surface area contributed by atoms with E-state index >= 15 is 0 Å². The van der Waals surface area contributed by atoms with Crippen LogP contribution in [-0.2, 0) is 20.8 Å². The maximum atomic E-state index is 11.9. The highest BCUT2D eigenvalue weighted by atomic mass is 32.2. The van der Waals surface area contributed by atoms with Crippen molar-refractivity contribution in [1.29, 1.82) is 0 Å². The molecule has 9 heteroatoms. The third-order valence-electron chi connectivity index (χ3n) is 2.68. The fourth-order valence-corrected chi connectivity index (χ4v) is 3.40. The number of hydrogen-bond acceptors (Lipinski definition) is 6. The van der Waals surface area contributed by atoms with Gasteiger partial charge in [0, 0.05) is 23.7 Å². The zero-order valence-corrected chi connectivity index (χ0v) is 14.4. The summed E-state index contributed by atoms with van der Waals surface area (Å²) < 4.78 is 0.655. The van der Waals surface area contributed by atoms with Crippen LogP contribution in [0.2, 0.25) is 0 Å². The molecule has 7 nitrogen and oxygen atoms in total. The van der Waals surface area contributed by atoms with Crippen molar-refractivity contribution in [2.45, 2.75) is 17.7 Å². The van der Waals surface area contributed by atoms with Crippen LogP contribution in [0.5, 0.6) is 0 Å². The first-order valence-corrected chi connectivity index (χ1v) is 8.75. The maximum Gasteiger partial charge on any atom is 0.309 e. The number of nitrogens with zero attached hydrogens (tertiary/aromatic N) is 1. The number of carbonyl (C=O) groups excluding carboxylic acids is 2. The monoisotopic (exact) mass is 365 g/mol. The number of carboxylic acids is 1. The van der Waals surface area contributed by atoms with Crippen LogP contribution >= 0.6 is 23.1 Å². The van der Waals surface area contributed by atoms with E-state index in [2.05, 4.69) is 15.6 Å². The standard InChI is InChI=1S/C15H15N3O4S2/c1-9(19)16-10-2-4-11(5-3-10)17-13(20)8-24-15-18-12(7-23-15)6-14(21)22/h2-5,7H,6,8H2,1H3,(H,16,19)(H,17,20)(H,21,22). The number of rotatable bonds is 7. The number of thioether (sulfide) groups is 1. The Labute approximate surface area is 146 Å². The zero-order chi connectivity index (χ0) is 17.5. The van der Waals surface area contributed by atoms with Gasteiger partial charge >= 0.3 is 5.97 Å². The molecule has 0 saturated heterocycles. The topological polar surface area (TPSA) is 108 Å². The summed E-state index contributed by atoms with van der Waals surface area (Å²) in [6.07, 6.45) is -0.121. The summed E-state index contributed by atoms with van der Waals surface area (Å²) in [4.78, 5) is 37.6. The van der Waals surface area contributed by atoms with Gasteiger partial charge in [-0.2, -0.15) is 0 Å². The van der Waals surface area contributed by atoms with Crippen molar-refractivity contribution in [2.24, 2.45) is 0 Å². The van der Waals surface area contributed by atoms with Crippen LogP contribution < -0.4 is 10.6 Å². The highest BCUT2D eigenvalue weighted by Gasteiger charge is 2.09. The number of thiazole rings is 1. The number of amides is 2. The van der Waals surface area contributed by atoms with E-state index < -0.39 is 5.97 Å². The van der Waals surface area contributed by atoms with Crippen LogP contribution in [0.3, 0.4) is 0 Å². The van der Waals surface area contributed by atoms with Gasteiger partial charge in [0.2, 0.25) is 11.8 Å². The van der Waals surface area contributed by atoms with Crippen molar-refractivity contribution in [1.82, 2.24) is 4.98 Å². The minimum atomic E-state index is -0.933. The molecule has 2 aromatic rings. The summed E-state index contributed by atoms with van der Waals surface area (Å²) in [5.41, 5.74) is 1.77. The fourth-order valence-electron chi connectivity index (χ4n) is 1.76. The Hall–Kier alpha value is -2.39. The summed E-state index contributed by atoms with van der Waals surface area (Å²) >= 11 is 2.57. The lowest BCUT2D eigenvalue weighted by atomic mass is 10.3. The molecule has 0 aliphatic carbocycles. The molecule has 24 heavy (non-hydrogen) atoms. The quantitative estimate of drug-likeness (QED) is 0.651. The van der Waals surface area contributed by atoms with Crippen LogP contribution in [0.15, 0.2) is 34.0 Å². The summed E-state index contributed by atoms with van der Waals surface area (Å²) in [5, 5.41) is 15.8. The number of hydrogen-bond donors (Lipinski definition) is 3. The number of anilines is 2. The Kier molecular flexibility index (Phi) is 6.33. The van der Waals surface area contributed by atoms with Crippen LogP contribution in [-0.4, -0.2) is 33.6 Å². The Balaban J connectivity index is 1.81. The summed E-state index contributed by atoms with van der Waals surface area (Å²) in [6, 6.07) is 6.79. The van der Waals surface area contributed by atoms with Gasteiger partial charge in [0.1, 0.15) is 0 Å². The van der Waals surface area contributed by atoms with Crippen molar-refractivity contribution in [3.05, 3.63) is 35.3 Å². The smallest absolute Gasteiger partial charge is 0.309 e. The molecule has 0 fully saturated rings. The molecule has 1 aromatic carbocycles. The van der Waals surface area contributed by atoms with Crippen LogP contribution in [0.25, 0.3) is 0 Å². The normalized spacial score (nSPS) is 10.2. The largest absolute Gasteiger partial charge is 0.481 e. The minimum Gasteiger partial charge on any atom is -0.481 e. The van der Waals surface area contributed by atoms with Gasteiger partial charge in [-0.1, -0.05) is 11.8 Å². The van der Waals surface area contributed by atoms with E-state index in [1.54, 1.807) is 29.6 Å². The van der Waals surface area contributed by atoms with Gasteiger partial charge in [-0.05, 0) is 24.3 Å². The van der Waals surface area contributed by atoms with Crippen LogP contribution in [0.4, 0.5) is 11.4 Å². The number of aromatic nitrogens is 1. The van der Waals surface area contributed by atoms with Crippen molar-refractivity contribution >= 4 is 52.3 Å². The second-order valence-electron chi connectivity index (χ2n) is 4.77. The maximum absolute atomic E-state index is 11.9. The Bertz CT molecular complexity index is 743. The SMILES string of the molecule is CC(=O)Nc1ccc(NC(=O)CSc2nc(CC(=O)O)cs2)cc1. The van der Waals surface area contributed by atoms with Gasteiger partial charge in [0.25, 0.3) is 0 Å². The molecule has 1 heterocycles. The lowest BCUT2D eigenvalue weighted by Gasteiger charge is -2.06. The molecular formula is C15H15N3O4S2. The number of nitrogens with one attached hydrogen (secondary N) is 2. The van der Waals surface area contributed by atoms with E-state index in [4.69, 9.17) is 5.11 Å². The van der Waals surface area contributed by atoms with E-state index in [0.29, 0.717) is 21.4 Å². The highest BCUT2D eigenvalue weighted by molar-refractivity contribution is 8.01. The van der Waals surface area contributed by atoms with Crippen LogP contribution in [0, 0.1) is 0 Å². The van der Waals surface area contributed by atoms with Crippen molar-refractivity contribution in [3.63, 3.8) is 0 Å². The van der Waals surface area contributed by atoms with Crippen molar-refractivity contribution < 1.29 is 19.5 Å². The fraction of sp³-hybridized carbons (Fsp3) is 0.200. The summed E-state index contributed by atoms with van der Waals surface area (Å²) in [7, 11) is 0. The molecule has 0 aliphatic heterocycles. The average Bonchev–Trinajstić information content (AvgIpc) is 2.93. The molecule has 2 amide bonds. The first kappa shape index (κ1) is 18.0. The van der Waals surface area contributed by atoms with E-state index in [-0.39, 0.29) is 24.0 Å². The van der Waals surface area contributed by atoms with E-state index in [0.717, 1.165) is 0 Å². The first-order valence-electron chi connectivity index (χ1n) is 6.89. The zero-order valence-electron chi connectivity index (χ0n) is 12.7. The molecule has 0 atom stereocenters. The van der Waals surface area contributed by atoms with E-state index in [9.17, 15) is 14.4 Å². The number of carbonyl (C=O) groups is 3. The molecule has 0 bridgehead atoms. The van der Waals surface area contributed by atoms with Gasteiger partial charge in [0.15, 0.2) is 4.34 Å². The second kappa shape index (κ2) is 8.46. The number of benzene rings is 1. The van der Waals surface area contributed by atoms with Gasteiger partial charge in [-0.3, -0.25) is 14.4 Å². The molecule has 0 unspecified atom stereocenters. The van der Waals surface area contributed by atoms with Gasteiger partial charge in [-0.15, -0.1) is 11.3 Å². The van der Waals surface area contributed by atoms with Gasteiger partial charge < -0.3 is 15.7 Å². The lowest BCUT2D eigenvalue weighted by Crippen LogP contribution is -2.14. The molecular weight excluding hydrogens is 350 g/mol. The molecule has 0 aliphatic rings.